The topological polar surface area (TPSA) is 88.6 Å². The summed E-state index contributed by atoms with van der Waals surface area (Å²) in [4.78, 5) is 12.1. The minimum Gasteiger partial charge on any atom is -0.493 e. The van der Waals surface area contributed by atoms with Crippen molar-refractivity contribution in [3.8, 4) is 11.5 Å². The van der Waals surface area contributed by atoms with E-state index in [0.29, 0.717) is 17.2 Å². The summed E-state index contributed by atoms with van der Waals surface area (Å²) in [6.07, 6.45) is 4.43. The number of rotatable bonds is 5. The van der Waals surface area contributed by atoms with Gasteiger partial charge in [-0.05, 0) is 43.0 Å². The summed E-state index contributed by atoms with van der Waals surface area (Å²) >= 11 is 0. The van der Waals surface area contributed by atoms with E-state index in [0.717, 1.165) is 36.1 Å². The van der Waals surface area contributed by atoms with Gasteiger partial charge in [0.1, 0.15) is 0 Å². The summed E-state index contributed by atoms with van der Waals surface area (Å²) < 4.78 is 10.4. The summed E-state index contributed by atoms with van der Waals surface area (Å²) in [7, 11) is 3.15. The Hall–Kier alpha value is -2.83. The molecule has 0 atom stereocenters. The fourth-order valence-electron chi connectivity index (χ4n) is 2.66. The minimum absolute atomic E-state index is 0.305. The van der Waals surface area contributed by atoms with Crippen molar-refractivity contribution in [2.24, 2.45) is 5.10 Å². The van der Waals surface area contributed by atoms with Crippen molar-refractivity contribution in [3.05, 3.63) is 40.7 Å². The van der Waals surface area contributed by atoms with Gasteiger partial charge < -0.3 is 9.47 Å². The predicted octanol–water partition coefficient (Wildman–Crippen LogP) is 1.68. The van der Waals surface area contributed by atoms with Crippen LogP contribution in [0.3, 0.4) is 0 Å². The van der Waals surface area contributed by atoms with Gasteiger partial charge in [0, 0.05) is 11.3 Å². The van der Waals surface area contributed by atoms with Crippen LogP contribution in [0.4, 0.5) is 0 Å². The SMILES string of the molecule is COc1ccc(/C=N/NC(=O)c2n[nH]c3c2CCC3)cc1OC. The fraction of sp³-hybridized carbons (Fsp3) is 0.312. The zero-order valence-electron chi connectivity index (χ0n) is 13.0. The number of aryl methyl sites for hydroxylation is 1. The standard InChI is InChI=1S/C16H18N4O3/c1-22-13-7-6-10(8-14(13)23-2)9-17-20-16(21)15-11-4-3-5-12(11)18-19-15/h6-9H,3-5H2,1-2H3,(H,18,19)(H,20,21)/b17-9+. The van der Waals surface area contributed by atoms with E-state index in [4.69, 9.17) is 9.47 Å². The lowest BCUT2D eigenvalue weighted by atomic mass is 10.2. The van der Waals surface area contributed by atoms with Crippen LogP contribution in [0.2, 0.25) is 0 Å². The zero-order valence-corrected chi connectivity index (χ0v) is 13.0. The van der Waals surface area contributed by atoms with Gasteiger partial charge in [0.15, 0.2) is 17.2 Å². The van der Waals surface area contributed by atoms with Gasteiger partial charge in [-0.2, -0.15) is 10.2 Å². The van der Waals surface area contributed by atoms with Crippen molar-refractivity contribution in [2.75, 3.05) is 14.2 Å². The maximum atomic E-state index is 12.1. The number of carbonyl (C=O) groups is 1. The second kappa shape index (κ2) is 6.51. The molecule has 7 heteroatoms. The Bertz CT molecular complexity index is 752. The molecule has 0 bridgehead atoms. The average Bonchev–Trinajstić information content (AvgIpc) is 3.17. The third-order valence-electron chi connectivity index (χ3n) is 3.81. The number of nitrogens with one attached hydrogen (secondary N) is 2. The molecule has 0 saturated carbocycles. The van der Waals surface area contributed by atoms with Gasteiger partial charge in [-0.15, -0.1) is 0 Å². The Morgan fingerprint density at radius 3 is 2.91 bits per heavy atom. The molecule has 0 radical (unpaired) electrons. The molecule has 0 saturated heterocycles. The maximum Gasteiger partial charge on any atom is 0.292 e. The number of carbonyl (C=O) groups excluding carboxylic acids is 1. The number of fused-ring (bicyclic) bond motifs is 1. The third-order valence-corrected chi connectivity index (χ3v) is 3.81. The Labute approximate surface area is 133 Å². The molecule has 1 aromatic carbocycles. The summed E-state index contributed by atoms with van der Waals surface area (Å²) in [5.41, 5.74) is 5.78. The van der Waals surface area contributed by atoms with Crippen LogP contribution in [0, 0.1) is 0 Å². The number of aromatic nitrogens is 2. The lowest BCUT2D eigenvalue weighted by molar-refractivity contribution is 0.0949. The largest absolute Gasteiger partial charge is 0.493 e. The van der Waals surface area contributed by atoms with E-state index in [-0.39, 0.29) is 5.91 Å². The first-order valence-corrected chi connectivity index (χ1v) is 7.34. The lowest BCUT2D eigenvalue weighted by Gasteiger charge is -2.07. The van der Waals surface area contributed by atoms with Gasteiger partial charge in [0.25, 0.3) is 5.91 Å². The van der Waals surface area contributed by atoms with Crippen LogP contribution in [-0.2, 0) is 12.8 Å². The number of hydrazone groups is 1. The van der Waals surface area contributed by atoms with Gasteiger partial charge in [-0.3, -0.25) is 9.89 Å². The molecule has 1 aliphatic rings. The Morgan fingerprint density at radius 1 is 1.30 bits per heavy atom. The van der Waals surface area contributed by atoms with Crippen LogP contribution in [-0.4, -0.2) is 36.5 Å². The van der Waals surface area contributed by atoms with E-state index in [1.54, 1.807) is 32.6 Å². The number of aromatic amines is 1. The molecule has 3 rings (SSSR count). The van der Waals surface area contributed by atoms with Crippen molar-refractivity contribution >= 4 is 12.1 Å². The molecule has 0 aliphatic heterocycles. The molecule has 1 amide bonds. The normalized spacial score (nSPS) is 13.1. The molecule has 1 aliphatic carbocycles. The third kappa shape index (κ3) is 3.03. The molecular formula is C16H18N4O3. The number of H-pyrrole nitrogens is 1. The van der Waals surface area contributed by atoms with Gasteiger partial charge >= 0.3 is 0 Å². The van der Waals surface area contributed by atoms with Crippen molar-refractivity contribution in [1.29, 1.82) is 0 Å². The van der Waals surface area contributed by atoms with Crippen LogP contribution in [0.15, 0.2) is 23.3 Å². The molecule has 120 valence electrons. The second-order valence-electron chi connectivity index (χ2n) is 5.20. The highest BCUT2D eigenvalue weighted by atomic mass is 16.5. The summed E-state index contributed by atoms with van der Waals surface area (Å²) in [5.74, 6) is 0.940. The molecule has 2 aromatic rings. The predicted molar refractivity (Wildman–Crippen MR) is 85.2 cm³/mol. The average molecular weight is 314 g/mol. The second-order valence-corrected chi connectivity index (χ2v) is 5.20. The highest BCUT2D eigenvalue weighted by Crippen LogP contribution is 2.27. The number of benzene rings is 1. The number of amides is 1. The van der Waals surface area contributed by atoms with Crippen LogP contribution < -0.4 is 14.9 Å². The van der Waals surface area contributed by atoms with Gasteiger partial charge in [0.2, 0.25) is 0 Å². The van der Waals surface area contributed by atoms with Crippen LogP contribution in [0.25, 0.3) is 0 Å². The van der Waals surface area contributed by atoms with E-state index < -0.39 is 0 Å². The van der Waals surface area contributed by atoms with Crippen LogP contribution >= 0.6 is 0 Å². The number of nitrogens with zero attached hydrogens (tertiary/aromatic N) is 2. The van der Waals surface area contributed by atoms with E-state index in [2.05, 4.69) is 20.7 Å². The van der Waals surface area contributed by atoms with Gasteiger partial charge in [-0.25, -0.2) is 5.43 Å². The van der Waals surface area contributed by atoms with E-state index in [9.17, 15) is 4.79 Å². The van der Waals surface area contributed by atoms with E-state index in [1.165, 1.54) is 0 Å². The summed E-state index contributed by atoms with van der Waals surface area (Å²) in [6.45, 7) is 0. The molecular weight excluding hydrogens is 296 g/mol. The molecule has 0 spiro atoms. The fourth-order valence-corrected chi connectivity index (χ4v) is 2.66. The molecule has 23 heavy (non-hydrogen) atoms. The monoisotopic (exact) mass is 314 g/mol. The minimum atomic E-state index is -0.305. The number of methoxy groups -OCH3 is 2. The molecule has 1 aromatic heterocycles. The molecule has 0 fully saturated rings. The van der Waals surface area contributed by atoms with E-state index in [1.807, 2.05) is 6.07 Å². The quantitative estimate of drug-likeness (QED) is 0.649. The highest BCUT2D eigenvalue weighted by molar-refractivity contribution is 5.94. The number of ether oxygens (including phenoxy) is 2. The van der Waals surface area contributed by atoms with Crippen molar-refractivity contribution < 1.29 is 14.3 Å². The first-order chi connectivity index (χ1) is 11.2. The Balaban J connectivity index is 1.68. The van der Waals surface area contributed by atoms with E-state index >= 15 is 0 Å². The first-order valence-electron chi connectivity index (χ1n) is 7.34. The number of hydrogen-bond donors (Lipinski definition) is 2. The summed E-state index contributed by atoms with van der Waals surface area (Å²) in [6, 6.07) is 5.38. The molecule has 2 N–H and O–H groups in total. The molecule has 1 heterocycles. The first kappa shape index (κ1) is 15.1. The Kier molecular flexibility index (Phi) is 4.27. The highest BCUT2D eigenvalue weighted by Gasteiger charge is 2.22. The van der Waals surface area contributed by atoms with Crippen LogP contribution in [0.5, 0.6) is 11.5 Å². The van der Waals surface area contributed by atoms with Crippen molar-refractivity contribution in [3.63, 3.8) is 0 Å². The molecule has 0 unspecified atom stereocenters. The summed E-state index contributed by atoms with van der Waals surface area (Å²) in [5, 5.41) is 11.0. The zero-order chi connectivity index (χ0) is 16.2. The van der Waals surface area contributed by atoms with Crippen molar-refractivity contribution in [2.45, 2.75) is 19.3 Å². The Morgan fingerprint density at radius 2 is 2.13 bits per heavy atom. The van der Waals surface area contributed by atoms with Crippen LogP contribution in [0.1, 0.15) is 33.7 Å². The molecule has 7 nitrogen and oxygen atoms in total. The van der Waals surface area contributed by atoms with Gasteiger partial charge in [-0.1, -0.05) is 0 Å². The number of hydrogen-bond acceptors (Lipinski definition) is 5. The lowest BCUT2D eigenvalue weighted by Crippen LogP contribution is -2.19. The van der Waals surface area contributed by atoms with Gasteiger partial charge in [0.05, 0.1) is 20.4 Å². The smallest absolute Gasteiger partial charge is 0.292 e. The van der Waals surface area contributed by atoms with Crippen molar-refractivity contribution in [1.82, 2.24) is 15.6 Å². The maximum absolute atomic E-state index is 12.1.